The molecule has 2 aromatic rings. The number of rotatable bonds is 2. The zero-order valence-corrected chi connectivity index (χ0v) is 22.1. The molecule has 2 aliphatic heterocycles. The van der Waals surface area contributed by atoms with Gasteiger partial charge in [0, 0.05) is 25.7 Å². The maximum absolute atomic E-state index is 10.3. The number of aromatic carboxylic acids is 2. The van der Waals surface area contributed by atoms with E-state index in [0.29, 0.717) is 25.7 Å². The number of amides is 4. The predicted octanol–water partition coefficient (Wildman–Crippen LogP) is 0.444. The lowest BCUT2D eigenvalue weighted by Crippen LogP contribution is -2.18. The van der Waals surface area contributed by atoms with Crippen molar-refractivity contribution in [1.29, 1.82) is 0 Å². The van der Waals surface area contributed by atoms with Crippen LogP contribution in [0.15, 0.2) is 24.3 Å². The molecule has 0 saturated carbocycles. The third kappa shape index (κ3) is 13.8. The lowest BCUT2D eigenvalue weighted by atomic mass is 10.2. The molecule has 0 radical (unpaired) electrons. The van der Waals surface area contributed by atoms with Crippen molar-refractivity contribution in [3.05, 3.63) is 35.4 Å². The number of phenolic OH excluding ortho intramolecular Hbond substituents is 6. The summed E-state index contributed by atoms with van der Waals surface area (Å²) in [6, 6.07) is 3.38. The topological polar surface area (TPSA) is 305 Å². The highest BCUT2D eigenvalue weighted by Gasteiger charge is 2.16. The van der Waals surface area contributed by atoms with E-state index in [1.165, 1.54) is 13.8 Å². The largest absolute Gasteiger partial charge is 0.504 e. The fourth-order valence-corrected chi connectivity index (χ4v) is 2.47. The molecule has 0 aliphatic carbocycles. The quantitative estimate of drug-likeness (QED) is 0.166. The van der Waals surface area contributed by atoms with Crippen LogP contribution >= 0.6 is 0 Å². The van der Waals surface area contributed by atoms with Gasteiger partial charge in [0.25, 0.3) is 0 Å². The second-order valence-corrected chi connectivity index (χ2v) is 8.19. The van der Waals surface area contributed by atoms with Crippen molar-refractivity contribution < 1.29 is 74.4 Å². The van der Waals surface area contributed by atoms with E-state index in [1.54, 1.807) is 0 Å². The molecule has 2 aliphatic rings. The summed E-state index contributed by atoms with van der Waals surface area (Å²) >= 11 is 0. The van der Waals surface area contributed by atoms with Gasteiger partial charge in [0.1, 0.15) is 5.78 Å². The molecular weight excluding hydrogens is 568 g/mol. The number of aromatic hydroxyl groups is 6. The Morgan fingerprint density at radius 1 is 0.524 bits per heavy atom. The Morgan fingerprint density at radius 3 is 0.833 bits per heavy atom. The predicted molar refractivity (Wildman–Crippen MR) is 138 cm³/mol. The van der Waals surface area contributed by atoms with Crippen LogP contribution < -0.4 is 10.6 Å². The van der Waals surface area contributed by atoms with Gasteiger partial charge in [-0.15, -0.1) is 0 Å². The second-order valence-electron chi connectivity index (χ2n) is 8.19. The molecule has 42 heavy (non-hydrogen) atoms. The monoisotopic (exact) mass is 596 g/mol. The average Bonchev–Trinajstić information content (AvgIpc) is 3.45. The fraction of sp³-hybridized carbons (Fsp3) is 0.240. The molecule has 0 atom stereocenters. The van der Waals surface area contributed by atoms with Crippen LogP contribution in [0.2, 0.25) is 0 Å². The summed E-state index contributed by atoms with van der Waals surface area (Å²) in [6.07, 6.45) is 1.50. The van der Waals surface area contributed by atoms with Gasteiger partial charge < -0.3 is 45.6 Å². The van der Waals surface area contributed by atoms with E-state index in [-0.39, 0.29) is 40.5 Å². The fourth-order valence-electron chi connectivity index (χ4n) is 2.47. The molecule has 4 rings (SSSR count). The molecule has 228 valence electrons. The number of carbonyl (C=O) groups is 7. The van der Waals surface area contributed by atoms with Crippen LogP contribution in [0.1, 0.15) is 60.2 Å². The molecule has 4 amide bonds. The van der Waals surface area contributed by atoms with E-state index in [1.807, 2.05) is 0 Å². The van der Waals surface area contributed by atoms with Crippen LogP contribution in [-0.4, -0.2) is 82.2 Å². The van der Waals surface area contributed by atoms with Gasteiger partial charge in [-0.2, -0.15) is 0 Å². The van der Waals surface area contributed by atoms with E-state index < -0.39 is 46.4 Å². The molecule has 2 fully saturated rings. The van der Waals surface area contributed by atoms with Crippen molar-refractivity contribution in [2.24, 2.45) is 0 Å². The van der Waals surface area contributed by atoms with Crippen LogP contribution in [0, 0.1) is 0 Å². The van der Waals surface area contributed by atoms with Crippen LogP contribution in [0.3, 0.4) is 0 Å². The standard InChI is InChI=1S/2C7H6O5.2C4H5NO2.C3H6O/c2*8-4-1-3(7(11)12)2-5(9)6(4)10;2*6-3-1-2-4(7)5-3;1-3(2)4/h2*1-2,8-10H,(H,11,12);2*1-2H2,(H,5,6,7);1-2H3. The Bertz CT molecular complexity index is 1190. The first-order valence-corrected chi connectivity index (χ1v) is 11.4. The summed E-state index contributed by atoms with van der Waals surface area (Å²) in [5.74, 6) is -7.09. The molecule has 17 nitrogen and oxygen atoms in total. The molecule has 0 unspecified atom stereocenters. The van der Waals surface area contributed by atoms with Crippen LogP contribution in [0.5, 0.6) is 34.5 Å². The van der Waals surface area contributed by atoms with E-state index in [4.69, 9.17) is 40.9 Å². The number of ketones is 1. The molecule has 10 N–H and O–H groups in total. The first-order chi connectivity index (χ1) is 19.3. The molecule has 0 bridgehead atoms. The number of Topliss-reactive ketones (excluding diaryl/α,β-unsaturated/α-hetero) is 1. The van der Waals surface area contributed by atoms with Gasteiger partial charge in [-0.25, -0.2) is 9.59 Å². The van der Waals surface area contributed by atoms with Gasteiger partial charge in [0.2, 0.25) is 23.6 Å². The van der Waals surface area contributed by atoms with Crippen molar-refractivity contribution in [3.8, 4) is 34.5 Å². The van der Waals surface area contributed by atoms with Crippen LogP contribution in [0.4, 0.5) is 0 Å². The van der Waals surface area contributed by atoms with Gasteiger partial charge in [-0.1, -0.05) is 0 Å². The number of hydrogen-bond donors (Lipinski definition) is 10. The normalized spacial score (nSPS) is 12.8. The van der Waals surface area contributed by atoms with Crippen LogP contribution in [-0.2, 0) is 24.0 Å². The average molecular weight is 596 g/mol. The number of nitrogens with one attached hydrogen (secondary N) is 2. The first kappa shape index (κ1) is 36.1. The molecule has 2 aromatic carbocycles. The lowest BCUT2D eigenvalue weighted by Gasteiger charge is -2.01. The minimum Gasteiger partial charge on any atom is -0.504 e. The highest BCUT2D eigenvalue weighted by Crippen LogP contribution is 2.36. The number of phenols is 6. The Hall–Kier alpha value is -5.87. The summed E-state index contributed by atoms with van der Waals surface area (Å²) in [5, 5.41) is 74.2. The van der Waals surface area contributed by atoms with Crippen LogP contribution in [0.25, 0.3) is 0 Å². The highest BCUT2D eigenvalue weighted by molar-refractivity contribution is 6.02. The Morgan fingerprint density at radius 2 is 0.714 bits per heavy atom. The summed E-state index contributed by atoms with van der Waals surface area (Å²) in [7, 11) is 0. The van der Waals surface area contributed by atoms with Crippen molar-refractivity contribution in [2.45, 2.75) is 39.5 Å². The second kappa shape index (κ2) is 17.0. The summed E-state index contributed by atoms with van der Waals surface area (Å²) in [6.45, 7) is 3.06. The number of benzene rings is 2. The minimum absolute atomic E-state index is 0.148. The first-order valence-electron chi connectivity index (χ1n) is 11.4. The van der Waals surface area contributed by atoms with Crippen molar-refractivity contribution in [3.63, 3.8) is 0 Å². The molecule has 2 heterocycles. The Kier molecular flexibility index (Phi) is 14.6. The molecule has 2 saturated heterocycles. The zero-order chi connectivity index (χ0) is 32.7. The van der Waals surface area contributed by atoms with Gasteiger partial charge in [-0.3, -0.25) is 29.8 Å². The van der Waals surface area contributed by atoms with E-state index in [9.17, 15) is 33.6 Å². The number of carboxylic acids is 2. The van der Waals surface area contributed by atoms with Crippen molar-refractivity contribution in [1.82, 2.24) is 10.6 Å². The number of imide groups is 2. The van der Waals surface area contributed by atoms with E-state index >= 15 is 0 Å². The number of carbonyl (C=O) groups excluding carboxylic acids is 5. The molecular formula is C25H28N2O15. The third-order valence-corrected chi connectivity index (χ3v) is 4.35. The minimum atomic E-state index is -1.29. The third-order valence-electron chi connectivity index (χ3n) is 4.35. The Balaban J connectivity index is 0.000000524. The molecule has 0 spiro atoms. The van der Waals surface area contributed by atoms with E-state index in [2.05, 4.69) is 10.6 Å². The van der Waals surface area contributed by atoms with E-state index in [0.717, 1.165) is 24.3 Å². The number of carboxylic acid groups (broad SMARTS) is 2. The lowest BCUT2D eigenvalue weighted by molar-refractivity contribution is -0.126. The maximum Gasteiger partial charge on any atom is 0.335 e. The van der Waals surface area contributed by atoms with Gasteiger partial charge in [-0.05, 0) is 38.1 Å². The van der Waals surface area contributed by atoms with Gasteiger partial charge in [0.15, 0.2) is 34.5 Å². The Labute approximate surface area is 236 Å². The van der Waals surface area contributed by atoms with Gasteiger partial charge in [0.05, 0.1) is 11.1 Å². The SMILES string of the molecule is CC(C)=O.O=C(O)c1cc(O)c(O)c(O)c1.O=C(O)c1cc(O)c(O)c(O)c1.O=C1CCC(=O)N1.O=C1CCC(=O)N1. The summed E-state index contributed by atoms with van der Waals surface area (Å²) in [4.78, 5) is 70.6. The zero-order valence-electron chi connectivity index (χ0n) is 22.1. The molecule has 17 heteroatoms. The summed E-state index contributed by atoms with van der Waals surface area (Å²) < 4.78 is 0. The smallest absolute Gasteiger partial charge is 0.335 e. The highest BCUT2D eigenvalue weighted by atomic mass is 16.4. The van der Waals surface area contributed by atoms with Crippen molar-refractivity contribution in [2.75, 3.05) is 0 Å². The molecule has 0 aromatic heterocycles. The maximum atomic E-state index is 10.3. The van der Waals surface area contributed by atoms with Crippen molar-refractivity contribution >= 4 is 41.4 Å². The van der Waals surface area contributed by atoms with Gasteiger partial charge >= 0.3 is 11.9 Å². The summed E-state index contributed by atoms with van der Waals surface area (Å²) in [5.41, 5.74) is -0.578. The number of hydrogen-bond acceptors (Lipinski definition) is 13.